The molecule has 106 valence electrons. The SMILES string of the molecule is NC(=O)N1CC2=C(C1)CN(S(=O)(=O)c1ccccn1)C2. The van der Waals surface area contributed by atoms with Crippen LogP contribution >= 0.6 is 0 Å². The number of pyridine rings is 1. The summed E-state index contributed by atoms with van der Waals surface area (Å²) in [5.74, 6) is 0. The van der Waals surface area contributed by atoms with Gasteiger partial charge < -0.3 is 10.6 Å². The van der Waals surface area contributed by atoms with Crippen molar-refractivity contribution in [3.05, 3.63) is 35.5 Å². The van der Waals surface area contributed by atoms with Gasteiger partial charge >= 0.3 is 6.03 Å². The number of hydrogen-bond acceptors (Lipinski definition) is 4. The maximum atomic E-state index is 12.4. The number of rotatable bonds is 2. The van der Waals surface area contributed by atoms with Crippen molar-refractivity contribution in [3.63, 3.8) is 0 Å². The lowest BCUT2D eigenvalue weighted by Gasteiger charge is -2.21. The molecule has 1 aromatic rings. The van der Waals surface area contributed by atoms with Crippen LogP contribution in [0.15, 0.2) is 40.6 Å². The van der Waals surface area contributed by atoms with Crippen molar-refractivity contribution in [2.24, 2.45) is 5.73 Å². The number of aromatic nitrogens is 1. The van der Waals surface area contributed by atoms with Crippen LogP contribution < -0.4 is 5.73 Å². The first-order valence-electron chi connectivity index (χ1n) is 6.14. The highest BCUT2D eigenvalue weighted by molar-refractivity contribution is 7.89. The highest BCUT2D eigenvalue weighted by Crippen LogP contribution is 2.28. The van der Waals surface area contributed by atoms with E-state index in [2.05, 4.69) is 4.98 Å². The summed E-state index contributed by atoms with van der Waals surface area (Å²) in [6.07, 6.45) is 1.46. The van der Waals surface area contributed by atoms with Crippen molar-refractivity contribution >= 4 is 16.1 Å². The molecule has 3 rings (SSSR count). The predicted octanol–water partition coefficient (Wildman–Crippen LogP) is -0.223. The molecule has 2 amide bonds. The molecule has 3 heterocycles. The lowest BCUT2D eigenvalue weighted by Crippen LogP contribution is -2.38. The normalized spacial score (nSPS) is 19.5. The molecule has 0 unspecified atom stereocenters. The largest absolute Gasteiger partial charge is 0.351 e. The Morgan fingerprint density at radius 1 is 1.15 bits per heavy atom. The molecule has 2 N–H and O–H groups in total. The molecule has 0 spiro atoms. The van der Waals surface area contributed by atoms with E-state index in [0.29, 0.717) is 26.2 Å². The Hall–Kier alpha value is -1.93. The number of nitrogens with zero attached hydrogens (tertiary/aromatic N) is 3. The van der Waals surface area contributed by atoms with E-state index in [4.69, 9.17) is 5.73 Å². The third-order valence-electron chi connectivity index (χ3n) is 3.55. The standard InChI is InChI=1S/C12H14N4O3S/c13-12(17)15-5-9-7-16(8-10(9)6-15)20(18,19)11-3-1-2-4-14-11/h1-4H,5-8H2,(H2,13,17). The van der Waals surface area contributed by atoms with Gasteiger partial charge in [-0.3, -0.25) is 0 Å². The van der Waals surface area contributed by atoms with Crippen LogP contribution in [-0.4, -0.2) is 54.8 Å². The molecule has 0 atom stereocenters. The Bertz CT molecular complexity index is 666. The Labute approximate surface area is 116 Å². The molecule has 0 bridgehead atoms. The summed E-state index contributed by atoms with van der Waals surface area (Å²) in [7, 11) is -3.57. The molecule has 8 heteroatoms. The monoisotopic (exact) mass is 294 g/mol. The van der Waals surface area contributed by atoms with Crippen LogP contribution in [0.5, 0.6) is 0 Å². The first kappa shape index (κ1) is 13.1. The number of sulfonamides is 1. The molecule has 2 aliphatic heterocycles. The van der Waals surface area contributed by atoms with Crippen LogP contribution in [0.25, 0.3) is 0 Å². The second-order valence-electron chi connectivity index (χ2n) is 4.84. The Morgan fingerprint density at radius 3 is 2.30 bits per heavy atom. The number of primary amides is 1. The van der Waals surface area contributed by atoms with Gasteiger partial charge in [-0.05, 0) is 23.3 Å². The van der Waals surface area contributed by atoms with Gasteiger partial charge in [-0.15, -0.1) is 0 Å². The highest BCUT2D eigenvalue weighted by Gasteiger charge is 2.37. The minimum Gasteiger partial charge on any atom is -0.351 e. The molecule has 0 radical (unpaired) electrons. The number of carbonyl (C=O) groups is 1. The van der Waals surface area contributed by atoms with Crippen LogP contribution in [0, 0.1) is 0 Å². The molecule has 7 nitrogen and oxygen atoms in total. The van der Waals surface area contributed by atoms with Crippen LogP contribution in [0.3, 0.4) is 0 Å². The van der Waals surface area contributed by atoms with Crippen molar-refractivity contribution in [3.8, 4) is 0 Å². The summed E-state index contributed by atoms with van der Waals surface area (Å²) in [6, 6.07) is 4.32. The van der Waals surface area contributed by atoms with Crippen molar-refractivity contribution in [2.75, 3.05) is 26.2 Å². The maximum absolute atomic E-state index is 12.4. The average molecular weight is 294 g/mol. The van der Waals surface area contributed by atoms with Crippen LogP contribution in [0.4, 0.5) is 4.79 Å². The van der Waals surface area contributed by atoms with Gasteiger partial charge in [0.1, 0.15) is 0 Å². The second-order valence-corrected chi connectivity index (χ2v) is 6.73. The van der Waals surface area contributed by atoms with E-state index in [0.717, 1.165) is 11.1 Å². The van der Waals surface area contributed by atoms with Gasteiger partial charge in [0.25, 0.3) is 10.0 Å². The zero-order chi connectivity index (χ0) is 14.3. The Morgan fingerprint density at radius 2 is 1.80 bits per heavy atom. The molecule has 2 aliphatic rings. The van der Waals surface area contributed by atoms with Gasteiger partial charge in [-0.2, -0.15) is 4.31 Å². The fraction of sp³-hybridized carbons (Fsp3) is 0.333. The third-order valence-corrected chi connectivity index (χ3v) is 5.26. The van der Waals surface area contributed by atoms with E-state index >= 15 is 0 Å². The smallest absolute Gasteiger partial charge is 0.315 e. The molecule has 20 heavy (non-hydrogen) atoms. The topological polar surface area (TPSA) is 96.6 Å². The van der Waals surface area contributed by atoms with E-state index < -0.39 is 16.1 Å². The Kier molecular flexibility index (Phi) is 2.98. The fourth-order valence-corrected chi connectivity index (χ4v) is 3.86. The number of hydrogen-bond donors (Lipinski definition) is 1. The number of urea groups is 1. The number of nitrogens with two attached hydrogens (primary N) is 1. The van der Waals surface area contributed by atoms with Crippen LogP contribution in [0.2, 0.25) is 0 Å². The van der Waals surface area contributed by atoms with E-state index in [-0.39, 0.29) is 5.03 Å². The van der Waals surface area contributed by atoms with Gasteiger partial charge in [0.15, 0.2) is 5.03 Å². The minimum absolute atomic E-state index is 0.0490. The van der Waals surface area contributed by atoms with E-state index in [1.807, 2.05) is 0 Å². The highest BCUT2D eigenvalue weighted by atomic mass is 32.2. The van der Waals surface area contributed by atoms with E-state index in [9.17, 15) is 13.2 Å². The van der Waals surface area contributed by atoms with Crippen molar-refractivity contribution in [1.82, 2.24) is 14.2 Å². The van der Waals surface area contributed by atoms with Gasteiger partial charge in [-0.25, -0.2) is 18.2 Å². The summed E-state index contributed by atoms with van der Waals surface area (Å²) in [6.45, 7) is 1.44. The number of amides is 2. The fourth-order valence-electron chi connectivity index (χ4n) is 2.50. The minimum atomic E-state index is -3.57. The predicted molar refractivity (Wildman–Crippen MR) is 71.2 cm³/mol. The van der Waals surface area contributed by atoms with Crippen molar-refractivity contribution < 1.29 is 13.2 Å². The van der Waals surface area contributed by atoms with Crippen LogP contribution in [0.1, 0.15) is 0 Å². The Balaban J connectivity index is 1.77. The molecule has 0 saturated heterocycles. The van der Waals surface area contributed by atoms with Gasteiger partial charge in [0, 0.05) is 32.4 Å². The van der Waals surface area contributed by atoms with E-state index in [1.54, 1.807) is 12.1 Å². The molecular weight excluding hydrogens is 280 g/mol. The quantitative estimate of drug-likeness (QED) is 0.762. The van der Waals surface area contributed by atoms with Crippen LogP contribution in [-0.2, 0) is 10.0 Å². The first-order chi connectivity index (χ1) is 9.48. The van der Waals surface area contributed by atoms with Gasteiger partial charge in [-0.1, -0.05) is 6.07 Å². The summed E-state index contributed by atoms with van der Waals surface area (Å²) >= 11 is 0. The van der Waals surface area contributed by atoms with Crippen molar-refractivity contribution in [1.29, 1.82) is 0 Å². The summed E-state index contributed by atoms with van der Waals surface area (Å²) in [5, 5.41) is 0.0490. The molecule has 1 aromatic heterocycles. The maximum Gasteiger partial charge on any atom is 0.315 e. The first-order valence-corrected chi connectivity index (χ1v) is 7.58. The molecule has 0 fully saturated rings. The van der Waals surface area contributed by atoms with E-state index in [1.165, 1.54) is 21.5 Å². The zero-order valence-corrected chi connectivity index (χ0v) is 11.5. The van der Waals surface area contributed by atoms with Gasteiger partial charge in [0.05, 0.1) is 0 Å². The summed E-state index contributed by atoms with van der Waals surface area (Å²) in [5.41, 5.74) is 7.15. The molecule has 0 aliphatic carbocycles. The molecule has 0 aromatic carbocycles. The summed E-state index contributed by atoms with van der Waals surface area (Å²) in [4.78, 5) is 16.5. The lowest BCUT2D eigenvalue weighted by molar-refractivity contribution is 0.218. The van der Waals surface area contributed by atoms with Gasteiger partial charge in [0.2, 0.25) is 0 Å². The number of carbonyl (C=O) groups excluding carboxylic acids is 1. The lowest BCUT2D eigenvalue weighted by atomic mass is 10.2. The molecular formula is C12H14N4O3S. The average Bonchev–Trinajstić information content (AvgIpc) is 2.98. The zero-order valence-electron chi connectivity index (χ0n) is 10.7. The molecule has 0 saturated carbocycles. The summed E-state index contributed by atoms with van der Waals surface area (Å²) < 4.78 is 26.2. The van der Waals surface area contributed by atoms with Crippen molar-refractivity contribution in [2.45, 2.75) is 5.03 Å². The second kappa shape index (κ2) is 4.57. The third kappa shape index (κ3) is 2.06.